The van der Waals surface area contributed by atoms with Gasteiger partial charge in [0.15, 0.2) is 29.3 Å². The highest BCUT2D eigenvalue weighted by atomic mass is 16.5. The van der Waals surface area contributed by atoms with Crippen molar-refractivity contribution in [2.24, 2.45) is 7.05 Å². The third-order valence-electron chi connectivity index (χ3n) is 5.93. The third-order valence-corrected chi connectivity index (χ3v) is 5.93. The predicted octanol–water partition coefficient (Wildman–Crippen LogP) is 6.45. The molecule has 2 heterocycles. The van der Waals surface area contributed by atoms with Gasteiger partial charge in [0.1, 0.15) is 0 Å². The summed E-state index contributed by atoms with van der Waals surface area (Å²) < 4.78 is 14.4. The minimum absolute atomic E-state index is 0.0231. The second-order valence-corrected chi connectivity index (χ2v) is 8.85. The molecule has 2 aromatic heterocycles. The first kappa shape index (κ1) is 34.9. The molecule has 0 radical (unpaired) electrons. The van der Waals surface area contributed by atoms with Crippen molar-refractivity contribution in [2.45, 2.75) is 60.3 Å². The molecule has 9 heteroatoms. The van der Waals surface area contributed by atoms with Crippen LogP contribution < -0.4 is 9.47 Å². The van der Waals surface area contributed by atoms with Crippen molar-refractivity contribution in [3.8, 4) is 11.5 Å². The molecule has 9 nitrogen and oxygen atoms in total. The molecule has 0 unspecified atom stereocenters. The van der Waals surface area contributed by atoms with E-state index in [0.717, 1.165) is 62.0 Å². The molecular weight excluding hydrogens is 518 g/mol. The normalized spacial score (nSPS) is 10.5. The summed E-state index contributed by atoms with van der Waals surface area (Å²) in [7, 11) is 5.00. The fraction of sp³-hybridized carbons (Fsp3) is 0.438. The van der Waals surface area contributed by atoms with Crippen LogP contribution >= 0.6 is 0 Å². The first-order chi connectivity index (χ1) is 19.9. The van der Waals surface area contributed by atoms with Crippen LogP contribution in [-0.2, 0) is 13.5 Å². The molecule has 0 bridgehead atoms. The number of methoxy groups -OCH3 is 2. The van der Waals surface area contributed by atoms with Crippen LogP contribution in [0.5, 0.6) is 11.5 Å². The number of hydrogen-bond donors (Lipinski definition) is 0. The number of carbonyl (C=O) groups is 2. The van der Waals surface area contributed by atoms with E-state index in [1.54, 1.807) is 44.3 Å². The molecule has 3 rings (SSSR count). The quantitative estimate of drug-likeness (QED) is 0.175. The maximum absolute atomic E-state index is 13.2. The van der Waals surface area contributed by atoms with Gasteiger partial charge in [0.2, 0.25) is 0 Å². The number of aryl methyl sites for hydroxylation is 2. The van der Waals surface area contributed by atoms with Gasteiger partial charge in [-0.2, -0.15) is 5.10 Å². The summed E-state index contributed by atoms with van der Waals surface area (Å²) in [6.07, 6.45) is 11.3. The van der Waals surface area contributed by atoms with E-state index in [4.69, 9.17) is 14.6 Å². The molecule has 1 aromatic carbocycles. The van der Waals surface area contributed by atoms with E-state index in [2.05, 4.69) is 32.3 Å². The van der Waals surface area contributed by atoms with Gasteiger partial charge in [-0.25, -0.2) is 9.67 Å². The highest BCUT2D eigenvalue weighted by Gasteiger charge is 2.21. The molecule has 1 amide bonds. The molecule has 0 saturated heterocycles. The fourth-order valence-electron chi connectivity index (χ4n) is 4.07. The van der Waals surface area contributed by atoms with E-state index < -0.39 is 0 Å². The largest absolute Gasteiger partial charge is 0.493 e. The maximum atomic E-state index is 13.2. The molecule has 0 spiro atoms. The van der Waals surface area contributed by atoms with Crippen LogP contribution in [0.1, 0.15) is 86.2 Å². The lowest BCUT2D eigenvalue weighted by Crippen LogP contribution is -2.32. The molecule has 224 valence electrons. The number of ether oxygens (including phenoxy) is 2. The molecule has 0 N–H and O–H groups in total. The average Bonchev–Trinajstić information content (AvgIpc) is 3.62. The number of carbonyl (C=O) groups excluding carboxylic acids is 2. The summed E-state index contributed by atoms with van der Waals surface area (Å²) in [5, 5.41) is 4.74. The summed E-state index contributed by atoms with van der Waals surface area (Å²) in [5.74, 6) is 1.73. The van der Waals surface area contributed by atoms with Crippen LogP contribution in [0.2, 0.25) is 0 Å². The zero-order valence-corrected chi connectivity index (χ0v) is 26.0. The molecule has 0 saturated carbocycles. The monoisotopic (exact) mass is 565 g/mol. The van der Waals surface area contributed by atoms with Gasteiger partial charge in [-0.1, -0.05) is 53.7 Å². The summed E-state index contributed by atoms with van der Waals surface area (Å²) in [6, 6.07) is 7.65. The van der Waals surface area contributed by atoms with Gasteiger partial charge in [0.05, 0.1) is 19.9 Å². The minimum Gasteiger partial charge on any atom is -0.493 e. The Labute approximate surface area is 245 Å². The average molecular weight is 566 g/mol. The molecule has 0 aliphatic carbocycles. The number of allylic oxidation sites excluding steroid dienone is 2. The first-order valence-electron chi connectivity index (χ1n) is 14.2. The summed E-state index contributed by atoms with van der Waals surface area (Å²) in [6.45, 7) is 15.6. The number of benzene rings is 1. The van der Waals surface area contributed by atoms with Gasteiger partial charge < -0.3 is 18.9 Å². The van der Waals surface area contributed by atoms with Crippen LogP contribution in [0.4, 0.5) is 0 Å². The Morgan fingerprint density at radius 3 is 2.15 bits per heavy atom. The van der Waals surface area contributed by atoms with Gasteiger partial charge in [0.25, 0.3) is 5.91 Å². The second kappa shape index (κ2) is 19.0. The summed E-state index contributed by atoms with van der Waals surface area (Å²) >= 11 is 0. The predicted molar refractivity (Wildman–Crippen MR) is 166 cm³/mol. The molecule has 0 fully saturated rings. The lowest BCUT2D eigenvalue weighted by molar-refractivity contribution is 0.0749. The molecular formula is C32H47N5O4. The van der Waals surface area contributed by atoms with Crippen molar-refractivity contribution in [3.63, 3.8) is 0 Å². The van der Waals surface area contributed by atoms with Gasteiger partial charge in [-0.15, -0.1) is 0 Å². The van der Waals surface area contributed by atoms with Crippen LogP contribution in [0, 0.1) is 0 Å². The highest BCUT2D eigenvalue weighted by Crippen LogP contribution is 2.31. The third kappa shape index (κ3) is 9.77. The van der Waals surface area contributed by atoms with E-state index in [1.165, 1.54) is 0 Å². The molecule has 3 aromatic rings. The number of aldehydes is 1. The van der Waals surface area contributed by atoms with Crippen LogP contribution in [0.25, 0.3) is 5.70 Å². The van der Waals surface area contributed by atoms with Crippen molar-refractivity contribution in [3.05, 3.63) is 78.2 Å². The second-order valence-electron chi connectivity index (χ2n) is 8.85. The first-order valence-corrected chi connectivity index (χ1v) is 14.2. The molecule has 41 heavy (non-hydrogen) atoms. The highest BCUT2D eigenvalue weighted by molar-refractivity contribution is 5.92. The lowest BCUT2D eigenvalue weighted by atomic mass is 10.1. The van der Waals surface area contributed by atoms with E-state index in [0.29, 0.717) is 23.0 Å². The number of aromatic nitrogens is 4. The standard InChI is InChI=1S/C25H35N3O3.C5H6N2O.C2H6/c1-7-11-20-18-21(25(29)27(15-9-3)16-10-4)26-28(20)22(12-8-2)19-13-14-23(30-5)24(17-19)31-6;1-7-3-2-6-5(7)4-8;1-2/h8,12-14,17-18H,2,7,9-11,15-16H2,1,3-6H3;2-4H,1H3;1-2H3/b22-12-;;. The number of amides is 1. The van der Waals surface area contributed by atoms with Crippen molar-refractivity contribution in [1.29, 1.82) is 0 Å². The Morgan fingerprint density at radius 2 is 1.68 bits per heavy atom. The maximum Gasteiger partial charge on any atom is 0.274 e. The van der Waals surface area contributed by atoms with Gasteiger partial charge in [-0.3, -0.25) is 9.59 Å². The zero-order chi connectivity index (χ0) is 30.8. The van der Waals surface area contributed by atoms with Crippen molar-refractivity contribution in [1.82, 2.24) is 24.2 Å². The van der Waals surface area contributed by atoms with Gasteiger partial charge in [0, 0.05) is 43.8 Å². The van der Waals surface area contributed by atoms with Gasteiger partial charge in [-0.05, 0) is 49.6 Å². The SMILES string of the molecule is C=C/C=C(/c1ccc(OC)c(OC)c1)n1nc(C(=O)N(CCC)CCC)cc1CCC.CC.Cn1ccnc1C=O. The van der Waals surface area contributed by atoms with E-state index in [-0.39, 0.29) is 5.91 Å². The Kier molecular flexibility index (Phi) is 16.2. The van der Waals surface area contributed by atoms with Gasteiger partial charge >= 0.3 is 0 Å². The lowest BCUT2D eigenvalue weighted by Gasteiger charge is -2.20. The van der Waals surface area contributed by atoms with E-state index >= 15 is 0 Å². The van der Waals surface area contributed by atoms with Crippen molar-refractivity contribution in [2.75, 3.05) is 27.3 Å². The number of imidazole rings is 1. The molecule has 0 aliphatic heterocycles. The van der Waals surface area contributed by atoms with Crippen molar-refractivity contribution < 1.29 is 19.1 Å². The van der Waals surface area contributed by atoms with Crippen molar-refractivity contribution >= 4 is 17.9 Å². The number of nitrogens with zero attached hydrogens (tertiary/aromatic N) is 5. The Hall–Kier alpha value is -4.14. The number of rotatable bonds is 13. The number of hydrogen-bond acceptors (Lipinski definition) is 6. The summed E-state index contributed by atoms with van der Waals surface area (Å²) in [4.78, 5) is 28.8. The Morgan fingerprint density at radius 1 is 1.02 bits per heavy atom. The molecule has 0 aliphatic rings. The Balaban J connectivity index is 0.000000711. The topological polar surface area (TPSA) is 91.5 Å². The Bertz CT molecular complexity index is 1250. The summed E-state index contributed by atoms with van der Waals surface area (Å²) in [5.41, 5.74) is 3.19. The van der Waals surface area contributed by atoms with Crippen LogP contribution in [-0.4, -0.2) is 63.7 Å². The van der Waals surface area contributed by atoms with E-state index in [1.807, 2.05) is 53.8 Å². The zero-order valence-electron chi connectivity index (χ0n) is 26.0. The minimum atomic E-state index is -0.0231. The van der Waals surface area contributed by atoms with Crippen LogP contribution in [0.3, 0.4) is 0 Å². The molecule has 0 atom stereocenters. The van der Waals surface area contributed by atoms with Crippen LogP contribution in [0.15, 0.2) is 55.4 Å². The fourth-order valence-corrected chi connectivity index (χ4v) is 4.07. The van der Waals surface area contributed by atoms with E-state index in [9.17, 15) is 9.59 Å². The smallest absolute Gasteiger partial charge is 0.274 e.